The zero-order valence-electron chi connectivity index (χ0n) is 18.9. The number of nitrogens with zero attached hydrogens (tertiary/aromatic N) is 2. The van der Waals surface area contributed by atoms with Gasteiger partial charge in [-0.15, -0.1) is 0 Å². The molecule has 2 rings (SSSR count). The van der Waals surface area contributed by atoms with Crippen molar-refractivity contribution in [3.63, 3.8) is 0 Å². The molecular weight excluding hydrogens is 378 g/mol. The van der Waals surface area contributed by atoms with Crippen LogP contribution >= 0.6 is 0 Å². The Morgan fingerprint density at radius 2 is 1.73 bits per heavy atom. The summed E-state index contributed by atoms with van der Waals surface area (Å²) in [5.74, 6) is 0.831. The topological polar surface area (TPSA) is 85.8 Å². The Kier molecular flexibility index (Phi) is 9.15. The molecule has 0 saturated heterocycles. The van der Waals surface area contributed by atoms with Crippen molar-refractivity contribution in [2.24, 2.45) is 10.4 Å². The van der Waals surface area contributed by atoms with Gasteiger partial charge in [0, 0.05) is 46.3 Å². The molecule has 7 nitrogen and oxygen atoms in total. The van der Waals surface area contributed by atoms with Crippen LogP contribution in [0.2, 0.25) is 0 Å². The predicted molar refractivity (Wildman–Crippen MR) is 121 cm³/mol. The molecule has 1 fully saturated rings. The average molecular weight is 416 g/mol. The van der Waals surface area contributed by atoms with Crippen LogP contribution in [0, 0.1) is 5.41 Å². The van der Waals surface area contributed by atoms with E-state index in [1.807, 2.05) is 38.4 Å². The molecule has 1 aliphatic rings. The van der Waals surface area contributed by atoms with Crippen LogP contribution < -0.4 is 16.0 Å². The molecule has 7 heteroatoms. The third-order valence-electron chi connectivity index (χ3n) is 5.73. The molecule has 1 aromatic rings. The maximum absolute atomic E-state index is 12.7. The summed E-state index contributed by atoms with van der Waals surface area (Å²) in [5.41, 5.74) is 1.39. The fourth-order valence-corrected chi connectivity index (χ4v) is 3.91. The molecule has 0 spiro atoms. The van der Waals surface area contributed by atoms with Crippen molar-refractivity contribution < 1.29 is 9.59 Å². The number of unbranched alkanes of at least 4 members (excludes halogenated alkanes) is 1. The summed E-state index contributed by atoms with van der Waals surface area (Å²) in [7, 11) is 5.38. The molecule has 1 aliphatic carbocycles. The summed E-state index contributed by atoms with van der Waals surface area (Å²) < 4.78 is 0. The summed E-state index contributed by atoms with van der Waals surface area (Å²) in [6.45, 7) is 3.98. The first-order chi connectivity index (χ1) is 14.4. The molecule has 1 saturated carbocycles. The summed E-state index contributed by atoms with van der Waals surface area (Å²) in [4.78, 5) is 30.8. The third kappa shape index (κ3) is 6.47. The monoisotopic (exact) mass is 415 g/mol. The van der Waals surface area contributed by atoms with Gasteiger partial charge in [0.05, 0.1) is 5.41 Å². The lowest BCUT2D eigenvalue weighted by Gasteiger charge is -2.31. The Hall–Kier alpha value is -2.57. The van der Waals surface area contributed by atoms with Crippen molar-refractivity contribution in [3.8, 4) is 0 Å². The molecule has 0 aromatic heterocycles. The quantitative estimate of drug-likeness (QED) is 0.329. The number of benzene rings is 1. The van der Waals surface area contributed by atoms with E-state index in [-0.39, 0.29) is 17.2 Å². The largest absolute Gasteiger partial charge is 0.355 e. The van der Waals surface area contributed by atoms with E-state index in [0.717, 1.165) is 44.1 Å². The molecule has 166 valence electrons. The van der Waals surface area contributed by atoms with Crippen molar-refractivity contribution >= 4 is 17.8 Å². The number of rotatable bonds is 9. The van der Waals surface area contributed by atoms with Crippen molar-refractivity contribution in [1.82, 2.24) is 20.9 Å². The Morgan fingerprint density at radius 3 is 2.30 bits per heavy atom. The number of guanidine groups is 1. The number of amides is 2. The number of nitrogens with one attached hydrogen (secondary N) is 3. The van der Waals surface area contributed by atoms with Crippen LogP contribution in [0.15, 0.2) is 29.3 Å². The van der Waals surface area contributed by atoms with Crippen LogP contribution in [-0.2, 0) is 11.3 Å². The van der Waals surface area contributed by atoms with Gasteiger partial charge in [-0.25, -0.2) is 0 Å². The second kappa shape index (κ2) is 11.6. The Bertz CT molecular complexity index is 722. The second-order valence-electron chi connectivity index (χ2n) is 8.27. The number of carbonyl (C=O) groups excluding carboxylic acids is 2. The molecule has 1 aromatic carbocycles. The number of hydrogen-bond donors (Lipinski definition) is 3. The Morgan fingerprint density at radius 1 is 1.07 bits per heavy atom. The lowest BCUT2D eigenvalue weighted by atomic mass is 9.84. The Balaban J connectivity index is 1.86. The molecule has 0 unspecified atom stereocenters. The van der Waals surface area contributed by atoms with Gasteiger partial charge < -0.3 is 20.9 Å². The van der Waals surface area contributed by atoms with E-state index in [1.54, 1.807) is 11.9 Å². The van der Waals surface area contributed by atoms with E-state index in [0.29, 0.717) is 31.2 Å². The molecule has 0 aliphatic heterocycles. The van der Waals surface area contributed by atoms with E-state index in [2.05, 4.69) is 27.9 Å². The highest BCUT2D eigenvalue weighted by Gasteiger charge is 2.42. The van der Waals surface area contributed by atoms with Gasteiger partial charge in [-0.1, -0.05) is 38.3 Å². The average Bonchev–Trinajstić information content (AvgIpc) is 3.23. The summed E-state index contributed by atoms with van der Waals surface area (Å²) in [5, 5.41) is 9.57. The highest BCUT2D eigenvalue weighted by Crippen LogP contribution is 2.38. The molecule has 0 radical (unpaired) electrons. The van der Waals surface area contributed by atoms with E-state index >= 15 is 0 Å². The van der Waals surface area contributed by atoms with Gasteiger partial charge in [-0.05, 0) is 37.0 Å². The molecule has 0 bridgehead atoms. The van der Waals surface area contributed by atoms with E-state index < -0.39 is 0 Å². The minimum atomic E-state index is -0.339. The lowest BCUT2D eigenvalue weighted by molar-refractivity contribution is -0.138. The smallest absolute Gasteiger partial charge is 0.251 e. The van der Waals surface area contributed by atoms with Crippen LogP contribution in [0.5, 0.6) is 0 Å². The SMILES string of the molecule is CCCCNC(=O)c1ccc(CNC(=NC)NCC2(C(=O)N(C)C)CCCC2)cc1. The first kappa shape index (κ1) is 23.7. The fourth-order valence-electron chi connectivity index (χ4n) is 3.91. The number of carbonyl (C=O) groups is 2. The lowest BCUT2D eigenvalue weighted by Crippen LogP contribution is -2.49. The summed E-state index contributed by atoms with van der Waals surface area (Å²) in [6.07, 6.45) is 6.05. The van der Waals surface area contributed by atoms with Crippen LogP contribution in [0.4, 0.5) is 0 Å². The fraction of sp³-hybridized carbons (Fsp3) is 0.609. The first-order valence-corrected chi connectivity index (χ1v) is 11.0. The van der Waals surface area contributed by atoms with Crippen molar-refractivity contribution in [2.75, 3.05) is 34.2 Å². The van der Waals surface area contributed by atoms with Crippen LogP contribution in [0.1, 0.15) is 61.4 Å². The third-order valence-corrected chi connectivity index (χ3v) is 5.73. The molecule has 2 amide bonds. The number of aliphatic imine (C=N–C) groups is 1. The van der Waals surface area contributed by atoms with Crippen LogP contribution in [0.3, 0.4) is 0 Å². The van der Waals surface area contributed by atoms with Crippen molar-refractivity contribution in [2.45, 2.75) is 52.0 Å². The summed E-state index contributed by atoms with van der Waals surface area (Å²) in [6, 6.07) is 7.58. The zero-order valence-corrected chi connectivity index (χ0v) is 18.9. The molecule has 3 N–H and O–H groups in total. The van der Waals surface area contributed by atoms with E-state index in [9.17, 15) is 9.59 Å². The number of hydrogen-bond acceptors (Lipinski definition) is 3. The maximum atomic E-state index is 12.7. The standard InChI is InChI=1S/C23H37N5O2/c1-5-6-15-25-20(29)19-11-9-18(10-12-19)16-26-22(24-2)27-17-23(13-7-8-14-23)21(30)28(3)4/h9-12H,5-8,13-17H2,1-4H3,(H,25,29)(H2,24,26,27). The van der Waals surface area contributed by atoms with Gasteiger partial charge >= 0.3 is 0 Å². The van der Waals surface area contributed by atoms with Crippen LogP contribution in [-0.4, -0.2) is 56.9 Å². The maximum Gasteiger partial charge on any atom is 0.251 e. The Labute approximate surface area is 180 Å². The zero-order chi connectivity index (χ0) is 22.0. The predicted octanol–water partition coefficient (Wildman–Crippen LogP) is 2.53. The van der Waals surface area contributed by atoms with Crippen molar-refractivity contribution in [1.29, 1.82) is 0 Å². The molecular formula is C23H37N5O2. The van der Waals surface area contributed by atoms with Crippen molar-refractivity contribution in [3.05, 3.63) is 35.4 Å². The molecule has 30 heavy (non-hydrogen) atoms. The minimum Gasteiger partial charge on any atom is -0.355 e. The highest BCUT2D eigenvalue weighted by molar-refractivity contribution is 5.94. The second-order valence-corrected chi connectivity index (χ2v) is 8.27. The van der Waals surface area contributed by atoms with Gasteiger partial charge in [0.1, 0.15) is 0 Å². The normalized spacial score (nSPS) is 15.5. The molecule has 0 atom stereocenters. The van der Waals surface area contributed by atoms with Gasteiger partial charge in [0.15, 0.2) is 5.96 Å². The van der Waals surface area contributed by atoms with Gasteiger partial charge in [-0.2, -0.15) is 0 Å². The molecule has 0 heterocycles. The van der Waals surface area contributed by atoms with E-state index in [4.69, 9.17) is 0 Å². The minimum absolute atomic E-state index is 0.0344. The van der Waals surface area contributed by atoms with Gasteiger partial charge in [-0.3, -0.25) is 14.6 Å². The first-order valence-electron chi connectivity index (χ1n) is 11.0. The van der Waals surface area contributed by atoms with E-state index in [1.165, 1.54) is 0 Å². The summed E-state index contributed by atoms with van der Waals surface area (Å²) >= 11 is 0. The highest BCUT2D eigenvalue weighted by atomic mass is 16.2. The van der Waals surface area contributed by atoms with Gasteiger partial charge in [0.2, 0.25) is 5.91 Å². The van der Waals surface area contributed by atoms with Crippen LogP contribution in [0.25, 0.3) is 0 Å². The van der Waals surface area contributed by atoms with Gasteiger partial charge in [0.25, 0.3) is 5.91 Å².